The van der Waals surface area contributed by atoms with Crippen molar-refractivity contribution in [1.82, 2.24) is 10.2 Å². The molecule has 1 aliphatic rings. The average molecular weight is 601 g/mol. The number of morpholine rings is 1. The number of anilines is 2. The van der Waals surface area contributed by atoms with E-state index in [2.05, 4.69) is 10.6 Å². The molecule has 1 aromatic heterocycles. The molecular formula is C23H23ClF6N4O4S. The number of ether oxygens (including phenoxy) is 1. The van der Waals surface area contributed by atoms with Gasteiger partial charge >= 0.3 is 12.4 Å². The second kappa shape index (κ2) is 12.5. The molecule has 2 heterocycles. The standard InChI is InChI=1S/C23H23ClF6N4O4S/c1-2-33(12-22(25,26)27)16(10-31-21(37)17-5-6-18(24)39-17)20(36)32-13-3-4-15(14(9-13)23(28,29)30)34-7-8-38-11-19(34)35/h3-6,9,16H,2,7-8,10-12H2,1H3,(H,31,37)(H,32,36)/t16-/m1/s1. The van der Waals surface area contributed by atoms with Gasteiger partial charge in [-0.15, -0.1) is 11.3 Å². The molecule has 8 nitrogen and oxygen atoms in total. The molecule has 1 aliphatic heterocycles. The molecule has 0 saturated carbocycles. The Morgan fingerprint density at radius 2 is 1.90 bits per heavy atom. The van der Waals surface area contributed by atoms with Crippen molar-refractivity contribution in [2.75, 3.05) is 49.6 Å². The zero-order valence-corrected chi connectivity index (χ0v) is 21.9. The first-order valence-electron chi connectivity index (χ1n) is 11.4. The Balaban J connectivity index is 1.87. The molecule has 2 aromatic rings. The third-order valence-corrected chi connectivity index (χ3v) is 6.86. The third kappa shape index (κ3) is 8.30. The number of rotatable bonds is 9. The fraction of sp³-hybridized carbons (Fsp3) is 0.435. The Bertz CT molecular complexity index is 1210. The van der Waals surface area contributed by atoms with Gasteiger partial charge in [0.05, 0.1) is 33.6 Å². The fourth-order valence-corrected chi connectivity index (χ4v) is 4.81. The molecule has 39 heavy (non-hydrogen) atoms. The van der Waals surface area contributed by atoms with Crippen molar-refractivity contribution in [3.8, 4) is 0 Å². The molecule has 1 saturated heterocycles. The van der Waals surface area contributed by atoms with Gasteiger partial charge in [0.2, 0.25) is 5.91 Å². The van der Waals surface area contributed by atoms with Gasteiger partial charge in [0.15, 0.2) is 0 Å². The highest BCUT2D eigenvalue weighted by molar-refractivity contribution is 7.18. The summed E-state index contributed by atoms with van der Waals surface area (Å²) in [5, 5.41) is 4.60. The molecular weight excluding hydrogens is 578 g/mol. The number of benzene rings is 1. The quantitative estimate of drug-likeness (QED) is 0.417. The van der Waals surface area contributed by atoms with Crippen LogP contribution in [0.2, 0.25) is 4.34 Å². The van der Waals surface area contributed by atoms with Crippen LogP contribution in [0.4, 0.5) is 37.7 Å². The van der Waals surface area contributed by atoms with Gasteiger partial charge < -0.3 is 20.3 Å². The number of nitrogens with zero attached hydrogens (tertiary/aromatic N) is 2. The van der Waals surface area contributed by atoms with E-state index in [-0.39, 0.29) is 30.3 Å². The number of nitrogens with one attached hydrogen (secondary N) is 2. The summed E-state index contributed by atoms with van der Waals surface area (Å²) in [5.74, 6) is -2.45. The number of amides is 3. The Labute approximate surface area is 227 Å². The van der Waals surface area contributed by atoms with Gasteiger partial charge in [-0.3, -0.25) is 19.3 Å². The van der Waals surface area contributed by atoms with E-state index in [0.717, 1.165) is 33.3 Å². The molecule has 0 radical (unpaired) electrons. The van der Waals surface area contributed by atoms with Crippen molar-refractivity contribution in [1.29, 1.82) is 0 Å². The van der Waals surface area contributed by atoms with Crippen molar-refractivity contribution < 1.29 is 45.5 Å². The molecule has 3 amide bonds. The first kappa shape index (κ1) is 30.7. The fourth-order valence-electron chi connectivity index (χ4n) is 3.85. The van der Waals surface area contributed by atoms with E-state index in [9.17, 15) is 40.7 Å². The van der Waals surface area contributed by atoms with Crippen molar-refractivity contribution in [2.45, 2.75) is 25.3 Å². The van der Waals surface area contributed by atoms with Crippen molar-refractivity contribution >= 4 is 52.0 Å². The summed E-state index contributed by atoms with van der Waals surface area (Å²) in [4.78, 5) is 39.4. The van der Waals surface area contributed by atoms with Crippen LogP contribution in [0, 0.1) is 0 Å². The number of alkyl halides is 6. The Morgan fingerprint density at radius 1 is 1.18 bits per heavy atom. The summed E-state index contributed by atoms with van der Waals surface area (Å²) in [7, 11) is 0. The normalized spacial score (nSPS) is 15.4. The topological polar surface area (TPSA) is 91.0 Å². The van der Waals surface area contributed by atoms with E-state index in [4.69, 9.17) is 16.3 Å². The summed E-state index contributed by atoms with van der Waals surface area (Å²) in [6.45, 7) is -1.46. The Kier molecular flexibility index (Phi) is 9.85. The van der Waals surface area contributed by atoms with Gasteiger partial charge in [-0.2, -0.15) is 26.3 Å². The predicted molar refractivity (Wildman–Crippen MR) is 132 cm³/mol. The lowest BCUT2D eigenvalue weighted by Crippen LogP contribution is -2.53. The number of carbonyl (C=O) groups excluding carboxylic acids is 3. The molecule has 2 N–H and O–H groups in total. The summed E-state index contributed by atoms with van der Waals surface area (Å²) in [6.07, 6.45) is -9.62. The van der Waals surface area contributed by atoms with Gasteiger partial charge in [-0.1, -0.05) is 18.5 Å². The second-order valence-electron chi connectivity index (χ2n) is 8.32. The summed E-state index contributed by atoms with van der Waals surface area (Å²) in [5.41, 5.74) is -2.03. The van der Waals surface area contributed by atoms with Crippen LogP contribution >= 0.6 is 22.9 Å². The summed E-state index contributed by atoms with van der Waals surface area (Å²) < 4.78 is 86.5. The maximum absolute atomic E-state index is 13.9. The lowest BCUT2D eigenvalue weighted by Gasteiger charge is -2.31. The molecule has 0 bridgehead atoms. The minimum Gasteiger partial charge on any atom is -0.370 e. The number of thiophene rings is 1. The van der Waals surface area contributed by atoms with Crippen LogP contribution in [0.5, 0.6) is 0 Å². The predicted octanol–water partition coefficient (Wildman–Crippen LogP) is 4.40. The molecule has 1 atom stereocenters. The van der Waals surface area contributed by atoms with E-state index in [0.29, 0.717) is 10.4 Å². The third-order valence-electron chi connectivity index (χ3n) is 5.63. The van der Waals surface area contributed by atoms with Gasteiger partial charge in [0, 0.05) is 18.8 Å². The van der Waals surface area contributed by atoms with Crippen LogP contribution < -0.4 is 15.5 Å². The maximum atomic E-state index is 13.9. The molecule has 1 fully saturated rings. The van der Waals surface area contributed by atoms with E-state index in [1.54, 1.807) is 0 Å². The first-order valence-corrected chi connectivity index (χ1v) is 12.6. The van der Waals surface area contributed by atoms with Gasteiger partial charge in [-0.25, -0.2) is 0 Å². The van der Waals surface area contributed by atoms with E-state index < -0.39 is 67.1 Å². The molecule has 1 aromatic carbocycles. The van der Waals surface area contributed by atoms with E-state index >= 15 is 0 Å². The number of hydrogen-bond donors (Lipinski definition) is 2. The summed E-state index contributed by atoms with van der Waals surface area (Å²) in [6, 6.07) is 3.94. The molecule has 0 spiro atoms. The second-order valence-corrected chi connectivity index (χ2v) is 10.0. The van der Waals surface area contributed by atoms with Gasteiger partial charge in [0.25, 0.3) is 11.8 Å². The Hall–Kier alpha value is -2.88. The van der Waals surface area contributed by atoms with Crippen LogP contribution in [0.3, 0.4) is 0 Å². The largest absolute Gasteiger partial charge is 0.418 e. The number of likely N-dealkylation sites (N-methyl/N-ethyl adjacent to an activating group) is 1. The van der Waals surface area contributed by atoms with Crippen LogP contribution in [0.25, 0.3) is 0 Å². The summed E-state index contributed by atoms with van der Waals surface area (Å²) >= 11 is 6.72. The first-order chi connectivity index (χ1) is 18.2. The lowest BCUT2D eigenvalue weighted by molar-refractivity contribution is -0.153. The number of carbonyl (C=O) groups is 3. The number of hydrogen-bond acceptors (Lipinski definition) is 6. The van der Waals surface area contributed by atoms with Gasteiger partial charge in [0.1, 0.15) is 12.6 Å². The highest BCUT2D eigenvalue weighted by Crippen LogP contribution is 2.39. The highest BCUT2D eigenvalue weighted by Gasteiger charge is 2.39. The zero-order valence-electron chi connectivity index (χ0n) is 20.3. The van der Waals surface area contributed by atoms with Gasteiger partial charge in [-0.05, 0) is 36.9 Å². The molecule has 0 aliphatic carbocycles. The van der Waals surface area contributed by atoms with E-state index in [1.807, 2.05) is 0 Å². The minimum atomic E-state index is -4.92. The van der Waals surface area contributed by atoms with Crippen LogP contribution in [0.15, 0.2) is 30.3 Å². The molecule has 3 rings (SSSR count). The van der Waals surface area contributed by atoms with Crippen molar-refractivity contribution in [3.05, 3.63) is 45.1 Å². The average Bonchev–Trinajstić information content (AvgIpc) is 3.29. The highest BCUT2D eigenvalue weighted by atomic mass is 35.5. The lowest BCUT2D eigenvalue weighted by atomic mass is 10.1. The van der Waals surface area contributed by atoms with E-state index in [1.165, 1.54) is 19.1 Å². The zero-order chi connectivity index (χ0) is 29.0. The monoisotopic (exact) mass is 600 g/mol. The van der Waals surface area contributed by atoms with Crippen molar-refractivity contribution in [3.63, 3.8) is 0 Å². The SMILES string of the molecule is CCN(CC(F)(F)F)[C@H](CNC(=O)c1ccc(Cl)s1)C(=O)Nc1ccc(N2CCOCC2=O)c(C(F)(F)F)c1. The smallest absolute Gasteiger partial charge is 0.370 e. The Morgan fingerprint density at radius 3 is 2.46 bits per heavy atom. The number of halogens is 7. The maximum Gasteiger partial charge on any atom is 0.418 e. The minimum absolute atomic E-state index is 0.0264. The van der Waals surface area contributed by atoms with Crippen LogP contribution in [-0.2, 0) is 20.5 Å². The molecule has 214 valence electrons. The van der Waals surface area contributed by atoms with Crippen LogP contribution in [0.1, 0.15) is 22.2 Å². The van der Waals surface area contributed by atoms with Crippen LogP contribution in [-0.4, -0.2) is 74.2 Å². The van der Waals surface area contributed by atoms with Crippen molar-refractivity contribution in [2.24, 2.45) is 0 Å². The molecule has 16 heteroatoms. The molecule has 0 unspecified atom stereocenters.